The van der Waals surface area contributed by atoms with E-state index in [1.807, 2.05) is 7.05 Å². The molecule has 0 aliphatic carbocycles. The zero-order valence-electron chi connectivity index (χ0n) is 16.1. The number of aromatic nitrogens is 2. The topological polar surface area (TPSA) is 106 Å². The van der Waals surface area contributed by atoms with Crippen LogP contribution in [0.3, 0.4) is 0 Å². The Morgan fingerprint density at radius 2 is 1.93 bits per heavy atom. The average molecular weight is 448 g/mol. The van der Waals surface area contributed by atoms with Gasteiger partial charge in [0.15, 0.2) is 11.5 Å². The molecule has 2 N–H and O–H groups in total. The highest BCUT2D eigenvalue weighted by Crippen LogP contribution is 2.46. The summed E-state index contributed by atoms with van der Waals surface area (Å²) < 4.78 is 36.3. The highest BCUT2D eigenvalue weighted by molar-refractivity contribution is 7.92. The summed E-state index contributed by atoms with van der Waals surface area (Å²) in [6.45, 7) is 0.130. The largest absolute Gasteiger partial charge is 0.454 e. The molecule has 0 saturated heterocycles. The van der Waals surface area contributed by atoms with Gasteiger partial charge in [-0.3, -0.25) is 4.72 Å². The van der Waals surface area contributed by atoms with Gasteiger partial charge in [0.05, 0.1) is 17.0 Å². The number of benzene rings is 2. The Bertz CT molecular complexity index is 1210. The molecule has 1 aliphatic rings. The smallest absolute Gasteiger partial charge is 0.231 e. The number of rotatable bonds is 6. The first-order chi connectivity index (χ1) is 14.3. The molecule has 9 nitrogen and oxygen atoms in total. The molecule has 156 valence electrons. The summed E-state index contributed by atoms with van der Waals surface area (Å²) in [6.07, 6.45) is 2.70. The van der Waals surface area contributed by atoms with Crippen molar-refractivity contribution in [2.75, 3.05) is 35.0 Å². The predicted octanol–water partition coefficient (Wildman–Crippen LogP) is 3.74. The van der Waals surface area contributed by atoms with Gasteiger partial charge in [-0.15, -0.1) is 0 Å². The number of sulfonamides is 1. The number of ether oxygens (including phenoxy) is 2. The second kappa shape index (κ2) is 7.88. The summed E-state index contributed by atoms with van der Waals surface area (Å²) in [5.74, 6) is 2.07. The molecule has 0 radical (unpaired) electrons. The van der Waals surface area contributed by atoms with E-state index in [1.165, 1.54) is 0 Å². The molecule has 0 unspecified atom stereocenters. The standard InChI is InChI=1S/C19H18ClN5O4S/c1-25(17-14(20)6-7-15-18(17)29-11-28-15)16-8-9-21-19(23-16)22-12-4-3-5-13(10-12)24-30(2,26)27/h3-10,24H,11H2,1-2H3,(H,21,22,23). The second-order valence-electron chi connectivity index (χ2n) is 6.51. The van der Waals surface area contributed by atoms with Crippen LogP contribution in [0.2, 0.25) is 5.02 Å². The van der Waals surface area contributed by atoms with Gasteiger partial charge in [-0.2, -0.15) is 4.98 Å². The number of nitrogens with zero attached hydrogens (tertiary/aromatic N) is 3. The van der Waals surface area contributed by atoms with E-state index < -0.39 is 10.0 Å². The Balaban J connectivity index is 1.60. The van der Waals surface area contributed by atoms with Gasteiger partial charge in [0.2, 0.25) is 22.8 Å². The fourth-order valence-corrected chi connectivity index (χ4v) is 3.79. The van der Waals surface area contributed by atoms with Crippen molar-refractivity contribution in [2.24, 2.45) is 0 Å². The summed E-state index contributed by atoms with van der Waals surface area (Å²) >= 11 is 6.40. The van der Waals surface area contributed by atoms with Crippen LogP contribution in [0.4, 0.5) is 28.8 Å². The summed E-state index contributed by atoms with van der Waals surface area (Å²) in [5.41, 5.74) is 1.69. The predicted molar refractivity (Wildman–Crippen MR) is 116 cm³/mol. The van der Waals surface area contributed by atoms with Crippen LogP contribution in [0.1, 0.15) is 0 Å². The van der Waals surface area contributed by atoms with Crippen molar-refractivity contribution in [2.45, 2.75) is 0 Å². The monoisotopic (exact) mass is 447 g/mol. The Morgan fingerprint density at radius 1 is 1.13 bits per heavy atom. The zero-order valence-corrected chi connectivity index (χ0v) is 17.7. The van der Waals surface area contributed by atoms with Gasteiger partial charge < -0.3 is 19.7 Å². The lowest BCUT2D eigenvalue weighted by atomic mass is 10.2. The first-order valence-electron chi connectivity index (χ1n) is 8.80. The third kappa shape index (κ3) is 4.34. The first kappa shape index (κ1) is 20.0. The van der Waals surface area contributed by atoms with E-state index in [0.29, 0.717) is 45.4 Å². The third-order valence-electron chi connectivity index (χ3n) is 4.21. The van der Waals surface area contributed by atoms with Crippen LogP contribution in [-0.2, 0) is 10.0 Å². The Kier molecular flexibility index (Phi) is 5.27. The normalized spacial score (nSPS) is 12.5. The minimum atomic E-state index is -3.37. The van der Waals surface area contributed by atoms with E-state index in [-0.39, 0.29) is 6.79 Å². The lowest BCUT2D eigenvalue weighted by Gasteiger charge is -2.21. The lowest BCUT2D eigenvalue weighted by Crippen LogP contribution is -2.13. The molecule has 0 atom stereocenters. The number of hydrogen-bond donors (Lipinski definition) is 2. The molecule has 1 aromatic heterocycles. The Labute approximate surface area is 178 Å². The van der Waals surface area contributed by atoms with Gasteiger partial charge in [-0.05, 0) is 36.4 Å². The van der Waals surface area contributed by atoms with E-state index >= 15 is 0 Å². The molecule has 2 heterocycles. The quantitative estimate of drug-likeness (QED) is 0.588. The molecular weight excluding hydrogens is 430 g/mol. The van der Waals surface area contributed by atoms with Crippen molar-refractivity contribution >= 4 is 50.5 Å². The Hall–Kier alpha value is -3.24. The molecule has 3 aromatic rings. The molecule has 0 fully saturated rings. The minimum absolute atomic E-state index is 0.130. The summed E-state index contributed by atoms with van der Waals surface area (Å²) in [6, 6.07) is 12.0. The molecular formula is C19H18ClN5O4S. The lowest BCUT2D eigenvalue weighted by molar-refractivity contribution is 0.174. The highest BCUT2D eigenvalue weighted by atomic mass is 35.5. The SMILES string of the molecule is CN(c1ccnc(Nc2cccc(NS(C)(=O)=O)c2)n1)c1c(Cl)ccc2c1OCO2. The van der Waals surface area contributed by atoms with Gasteiger partial charge in [-0.1, -0.05) is 17.7 Å². The van der Waals surface area contributed by atoms with Gasteiger partial charge >= 0.3 is 0 Å². The van der Waals surface area contributed by atoms with Gasteiger partial charge in [0, 0.05) is 18.9 Å². The van der Waals surface area contributed by atoms with Crippen molar-refractivity contribution in [3.8, 4) is 11.5 Å². The van der Waals surface area contributed by atoms with Crippen molar-refractivity contribution in [3.05, 3.63) is 53.7 Å². The maximum atomic E-state index is 11.4. The van der Waals surface area contributed by atoms with Crippen LogP contribution in [0.25, 0.3) is 0 Å². The van der Waals surface area contributed by atoms with Crippen LogP contribution < -0.4 is 24.4 Å². The molecule has 0 bridgehead atoms. The van der Waals surface area contributed by atoms with Gasteiger partial charge in [0.1, 0.15) is 11.5 Å². The first-order valence-corrected chi connectivity index (χ1v) is 11.1. The van der Waals surface area contributed by atoms with Crippen molar-refractivity contribution in [1.29, 1.82) is 0 Å². The fourth-order valence-electron chi connectivity index (χ4n) is 2.96. The fraction of sp³-hybridized carbons (Fsp3) is 0.158. The number of hydrogen-bond acceptors (Lipinski definition) is 8. The maximum absolute atomic E-state index is 11.4. The van der Waals surface area contributed by atoms with Gasteiger partial charge in [0.25, 0.3) is 0 Å². The number of anilines is 5. The van der Waals surface area contributed by atoms with Crippen molar-refractivity contribution < 1.29 is 17.9 Å². The van der Waals surface area contributed by atoms with E-state index in [9.17, 15) is 8.42 Å². The van der Waals surface area contributed by atoms with Crippen molar-refractivity contribution in [1.82, 2.24) is 9.97 Å². The van der Waals surface area contributed by atoms with E-state index in [2.05, 4.69) is 20.0 Å². The third-order valence-corrected chi connectivity index (χ3v) is 5.12. The summed E-state index contributed by atoms with van der Waals surface area (Å²) in [5, 5.41) is 3.57. The van der Waals surface area contributed by atoms with Crippen LogP contribution in [0.5, 0.6) is 11.5 Å². The van der Waals surface area contributed by atoms with Crippen LogP contribution in [0.15, 0.2) is 48.7 Å². The molecule has 30 heavy (non-hydrogen) atoms. The van der Waals surface area contributed by atoms with Gasteiger partial charge in [-0.25, -0.2) is 13.4 Å². The van der Waals surface area contributed by atoms with E-state index in [0.717, 1.165) is 6.26 Å². The number of halogens is 1. The highest BCUT2D eigenvalue weighted by Gasteiger charge is 2.24. The number of nitrogens with one attached hydrogen (secondary N) is 2. The minimum Gasteiger partial charge on any atom is -0.454 e. The van der Waals surface area contributed by atoms with Crippen molar-refractivity contribution in [3.63, 3.8) is 0 Å². The summed E-state index contributed by atoms with van der Waals surface area (Å²) in [4.78, 5) is 10.5. The van der Waals surface area contributed by atoms with Crippen LogP contribution >= 0.6 is 11.6 Å². The molecule has 4 rings (SSSR count). The molecule has 0 amide bonds. The maximum Gasteiger partial charge on any atom is 0.231 e. The second-order valence-corrected chi connectivity index (χ2v) is 8.66. The van der Waals surface area contributed by atoms with Crippen LogP contribution in [0, 0.1) is 0 Å². The van der Waals surface area contributed by atoms with Crippen LogP contribution in [-0.4, -0.2) is 38.5 Å². The molecule has 1 aliphatic heterocycles. The molecule has 0 spiro atoms. The molecule has 0 saturated carbocycles. The number of fused-ring (bicyclic) bond motifs is 1. The summed E-state index contributed by atoms with van der Waals surface area (Å²) in [7, 11) is -1.56. The molecule has 11 heteroatoms. The zero-order chi connectivity index (χ0) is 21.3. The molecule has 2 aromatic carbocycles. The van der Waals surface area contributed by atoms with E-state index in [4.69, 9.17) is 21.1 Å². The Morgan fingerprint density at radius 3 is 2.73 bits per heavy atom. The van der Waals surface area contributed by atoms with E-state index in [1.54, 1.807) is 53.6 Å². The average Bonchev–Trinajstić information content (AvgIpc) is 3.15.